The molecular formula is C24H19Cl2N3O2. The Morgan fingerprint density at radius 1 is 1.00 bits per heavy atom. The second-order valence-corrected chi connectivity index (χ2v) is 8.07. The summed E-state index contributed by atoms with van der Waals surface area (Å²) in [5, 5.41) is 8.86. The number of urea groups is 1. The molecule has 1 N–H and O–H groups in total. The van der Waals surface area contributed by atoms with Crippen molar-refractivity contribution in [1.29, 1.82) is 0 Å². The minimum absolute atomic E-state index is 0.0210. The molecule has 0 saturated carbocycles. The summed E-state index contributed by atoms with van der Waals surface area (Å²) in [4.78, 5) is 24.6. The van der Waals surface area contributed by atoms with Crippen LogP contribution in [0.3, 0.4) is 0 Å². The normalized spacial score (nSPS) is 13.3. The number of hydrazone groups is 1. The molecule has 3 aromatic carbocycles. The molecule has 3 aromatic rings. The summed E-state index contributed by atoms with van der Waals surface area (Å²) in [6.45, 7) is 2.37. The number of halogens is 2. The van der Waals surface area contributed by atoms with Gasteiger partial charge in [0, 0.05) is 33.8 Å². The Hall–Kier alpha value is -3.15. The molecule has 156 valence electrons. The van der Waals surface area contributed by atoms with E-state index >= 15 is 0 Å². The van der Waals surface area contributed by atoms with Gasteiger partial charge in [-0.15, -0.1) is 0 Å². The number of amides is 2. The predicted octanol–water partition coefficient (Wildman–Crippen LogP) is 5.64. The zero-order chi connectivity index (χ0) is 22.0. The highest BCUT2D eigenvalue weighted by atomic mass is 35.5. The first-order chi connectivity index (χ1) is 14.9. The largest absolute Gasteiger partial charge is 0.342 e. The molecule has 1 heterocycles. The van der Waals surface area contributed by atoms with E-state index < -0.39 is 0 Å². The number of aryl methyl sites for hydroxylation is 1. The molecule has 1 aliphatic rings. The van der Waals surface area contributed by atoms with Gasteiger partial charge in [-0.1, -0.05) is 77.3 Å². The van der Waals surface area contributed by atoms with Crippen LogP contribution in [0.15, 0.2) is 65.8 Å². The molecule has 1 aliphatic heterocycles. The highest BCUT2D eigenvalue weighted by Gasteiger charge is 2.20. The van der Waals surface area contributed by atoms with E-state index in [9.17, 15) is 9.59 Å². The lowest BCUT2D eigenvalue weighted by Crippen LogP contribution is -2.41. The van der Waals surface area contributed by atoms with Crippen LogP contribution >= 0.6 is 23.2 Å². The molecular weight excluding hydrogens is 433 g/mol. The molecule has 0 atom stereocenters. The van der Waals surface area contributed by atoms with Gasteiger partial charge in [-0.05, 0) is 30.2 Å². The van der Waals surface area contributed by atoms with Gasteiger partial charge in [0.15, 0.2) is 5.78 Å². The van der Waals surface area contributed by atoms with Crippen LogP contribution in [-0.4, -0.2) is 24.6 Å². The van der Waals surface area contributed by atoms with E-state index in [4.69, 9.17) is 23.2 Å². The molecule has 5 nitrogen and oxygen atoms in total. The fourth-order valence-corrected chi connectivity index (χ4v) is 3.91. The zero-order valence-electron chi connectivity index (χ0n) is 16.7. The van der Waals surface area contributed by atoms with Gasteiger partial charge in [-0.25, -0.2) is 4.79 Å². The molecule has 0 unspecified atom stereocenters. The quantitative estimate of drug-likeness (QED) is 0.510. The Labute approximate surface area is 190 Å². The number of ketones is 1. The maximum Gasteiger partial charge on any atom is 0.342 e. The molecule has 4 rings (SSSR count). The average molecular weight is 452 g/mol. The average Bonchev–Trinajstić information content (AvgIpc) is 2.77. The van der Waals surface area contributed by atoms with Gasteiger partial charge in [0.1, 0.15) is 0 Å². The Kier molecular flexibility index (Phi) is 6.07. The minimum Gasteiger partial charge on any atom is -0.331 e. The second-order valence-electron chi connectivity index (χ2n) is 7.25. The van der Waals surface area contributed by atoms with Gasteiger partial charge >= 0.3 is 6.03 Å². The topological polar surface area (TPSA) is 61.8 Å². The predicted molar refractivity (Wildman–Crippen MR) is 125 cm³/mol. The molecule has 0 spiro atoms. The summed E-state index contributed by atoms with van der Waals surface area (Å²) in [7, 11) is 0. The van der Waals surface area contributed by atoms with Gasteiger partial charge in [0.25, 0.3) is 0 Å². The van der Waals surface area contributed by atoms with E-state index in [1.807, 2.05) is 43.3 Å². The lowest BCUT2D eigenvalue weighted by molar-refractivity contribution is 0.103. The highest BCUT2D eigenvalue weighted by molar-refractivity contribution is 6.36. The maximum atomic E-state index is 12.7. The molecule has 0 fully saturated rings. The van der Waals surface area contributed by atoms with Gasteiger partial charge in [-0.2, -0.15) is 10.1 Å². The monoisotopic (exact) mass is 451 g/mol. The molecule has 31 heavy (non-hydrogen) atoms. The van der Waals surface area contributed by atoms with Crippen LogP contribution in [-0.2, 0) is 6.42 Å². The fourth-order valence-electron chi connectivity index (χ4n) is 3.30. The van der Waals surface area contributed by atoms with E-state index in [0.29, 0.717) is 39.8 Å². The number of anilines is 1. The number of benzene rings is 3. The summed E-state index contributed by atoms with van der Waals surface area (Å²) in [6, 6.07) is 17.9. The van der Waals surface area contributed by atoms with Gasteiger partial charge < -0.3 is 5.32 Å². The van der Waals surface area contributed by atoms with Crippen LogP contribution in [0.4, 0.5) is 10.5 Å². The minimum atomic E-state index is -0.337. The number of hydrogen-bond acceptors (Lipinski definition) is 3. The van der Waals surface area contributed by atoms with Crippen molar-refractivity contribution in [3.63, 3.8) is 0 Å². The highest BCUT2D eigenvalue weighted by Crippen LogP contribution is 2.33. The van der Waals surface area contributed by atoms with Crippen molar-refractivity contribution in [3.8, 4) is 0 Å². The molecule has 0 radical (unpaired) electrons. The number of nitrogens with zero attached hydrogens (tertiary/aromatic N) is 2. The van der Waals surface area contributed by atoms with E-state index in [0.717, 1.165) is 16.7 Å². The van der Waals surface area contributed by atoms with E-state index in [2.05, 4.69) is 10.4 Å². The molecule has 0 saturated heterocycles. The van der Waals surface area contributed by atoms with Gasteiger partial charge in [0.2, 0.25) is 0 Å². The van der Waals surface area contributed by atoms with Crippen molar-refractivity contribution in [2.75, 3.05) is 11.6 Å². The molecule has 7 heteroatoms. The maximum absolute atomic E-state index is 12.7. The number of carbonyl (C=O) groups excluding carboxylic acids is 2. The second kappa shape index (κ2) is 8.92. The smallest absolute Gasteiger partial charge is 0.331 e. The number of rotatable bonds is 5. The number of nitrogens with one attached hydrogen (secondary N) is 1. The molecule has 0 aliphatic carbocycles. The standard InChI is InChI=1S/C24H19Cl2N3O2/c1-15-2-6-17(7-3-15)23(30)18-8-4-16(5-9-18)12-20-21(25)13-19(14-22(20)26)29-24(31)27-10-11-28-29/h2-9,11,13-14H,10,12H2,1H3,(H,27,31). The van der Waals surface area contributed by atoms with Crippen LogP contribution in [0.25, 0.3) is 0 Å². The summed E-state index contributed by atoms with van der Waals surface area (Å²) >= 11 is 13.0. The third-order valence-corrected chi connectivity index (χ3v) is 5.69. The Morgan fingerprint density at radius 2 is 1.58 bits per heavy atom. The van der Waals surface area contributed by atoms with Crippen molar-refractivity contribution in [2.45, 2.75) is 13.3 Å². The summed E-state index contributed by atoms with van der Waals surface area (Å²) < 4.78 is 0. The van der Waals surface area contributed by atoms with Crippen molar-refractivity contribution >= 4 is 46.9 Å². The lowest BCUT2D eigenvalue weighted by atomic mass is 9.99. The molecule has 0 aromatic heterocycles. The van der Waals surface area contributed by atoms with Crippen molar-refractivity contribution in [3.05, 3.63) is 98.5 Å². The summed E-state index contributed by atoms with van der Waals surface area (Å²) in [5.74, 6) is -0.0210. The number of carbonyl (C=O) groups is 2. The SMILES string of the molecule is Cc1ccc(C(=O)c2ccc(Cc3c(Cl)cc(N4N=CCNC4=O)cc3Cl)cc2)cc1. The van der Waals surface area contributed by atoms with Gasteiger partial charge in [-0.3, -0.25) is 4.79 Å². The van der Waals surface area contributed by atoms with Gasteiger partial charge in [0.05, 0.1) is 12.2 Å². The summed E-state index contributed by atoms with van der Waals surface area (Å²) in [5.41, 5.74) is 4.58. The van der Waals surface area contributed by atoms with Crippen LogP contribution in [0, 0.1) is 6.92 Å². The first kappa shape index (κ1) is 21.1. The Bertz CT molecular complexity index is 1150. The Balaban J connectivity index is 1.53. The summed E-state index contributed by atoms with van der Waals surface area (Å²) in [6.07, 6.45) is 2.09. The van der Waals surface area contributed by atoms with E-state index in [-0.39, 0.29) is 11.8 Å². The Morgan fingerprint density at radius 3 is 2.16 bits per heavy atom. The third-order valence-electron chi connectivity index (χ3n) is 5.02. The molecule has 0 bridgehead atoms. The van der Waals surface area contributed by atoms with Crippen LogP contribution < -0.4 is 10.3 Å². The van der Waals surface area contributed by atoms with E-state index in [1.54, 1.807) is 30.5 Å². The van der Waals surface area contributed by atoms with Crippen molar-refractivity contribution in [2.24, 2.45) is 5.10 Å². The first-order valence-corrected chi connectivity index (χ1v) is 10.5. The third kappa shape index (κ3) is 4.63. The number of hydrogen-bond donors (Lipinski definition) is 1. The molecule has 2 amide bonds. The van der Waals surface area contributed by atoms with Crippen LogP contribution in [0.2, 0.25) is 10.0 Å². The first-order valence-electron chi connectivity index (χ1n) is 9.71. The van der Waals surface area contributed by atoms with Crippen LogP contribution in [0.1, 0.15) is 32.6 Å². The van der Waals surface area contributed by atoms with Crippen molar-refractivity contribution in [1.82, 2.24) is 5.32 Å². The van der Waals surface area contributed by atoms with Crippen LogP contribution in [0.5, 0.6) is 0 Å². The lowest BCUT2D eigenvalue weighted by Gasteiger charge is -2.22. The van der Waals surface area contributed by atoms with E-state index in [1.165, 1.54) is 5.01 Å². The fraction of sp³-hybridized carbons (Fsp3) is 0.125. The zero-order valence-corrected chi connectivity index (χ0v) is 18.2. The van der Waals surface area contributed by atoms with Crippen molar-refractivity contribution < 1.29 is 9.59 Å².